The second kappa shape index (κ2) is 9.08. The van der Waals surface area contributed by atoms with E-state index in [1.165, 1.54) is 25.7 Å². The summed E-state index contributed by atoms with van der Waals surface area (Å²) >= 11 is 1.55. The largest absolute Gasteiger partial charge is 0.490 e. The highest BCUT2D eigenvalue weighted by molar-refractivity contribution is 7.12. The molecule has 0 bridgehead atoms. The Balaban J connectivity index is 1.52. The van der Waals surface area contributed by atoms with E-state index in [0.717, 1.165) is 21.3 Å². The standard InChI is InChI=1S/C19H25N3O2S/c1-14-21-22-19(25-14)11-10-15-6-2-5-9-18(15)24-13-17(23)12-20-16-7-3-4-8-16/h2,5-6,9-11,16-17,20,23H,3-4,7-8,12-13H2,1H3. The van der Waals surface area contributed by atoms with Gasteiger partial charge in [-0.3, -0.25) is 0 Å². The third-order valence-electron chi connectivity index (χ3n) is 4.29. The van der Waals surface area contributed by atoms with Crippen LogP contribution in [0.15, 0.2) is 24.3 Å². The van der Waals surface area contributed by atoms with Crippen LogP contribution in [0.1, 0.15) is 41.3 Å². The molecule has 0 amide bonds. The van der Waals surface area contributed by atoms with Crippen molar-refractivity contribution in [2.24, 2.45) is 0 Å². The van der Waals surface area contributed by atoms with Crippen LogP contribution in [-0.4, -0.2) is 40.6 Å². The summed E-state index contributed by atoms with van der Waals surface area (Å²) in [5, 5.41) is 23.5. The first-order chi connectivity index (χ1) is 12.2. The number of nitrogens with zero attached hydrogens (tertiary/aromatic N) is 2. The summed E-state index contributed by atoms with van der Waals surface area (Å²) in [6.07, 6.45) is 8.40. The number of nitrogens with one attached hydrogen (secondary N) is 1. The van der Waals surface area contributed by atoms with Crippen molar-refractivity contribution < 1.29 is 9.84 Å². The fraction of sp³-hybridized carbons (Fsp3) is 0.474. The van der Waals surface area contributed by atoms with Crippen molar-refractivity contribution in [1.29, 1.82) is 0 Å². The zero-order valence-corrected chi connectivity index (χ0v) is 15.3. The molecule has 1 aromatic carbocycles. The first-order valence-corrected chi connectivity index (χ1v) is 9.64. The van der Waals surface area contributed by atoms with Gasteiger partial charge in [-0.25, -0.2) is 0 Å². The van der Waals surface area contributed by atoms with E-state index in [9.17, 15) is 5.11 Å². The van der Waals surface area contributed by atoms with E-state index < -0.39 is 6.10 Å². The van der Waals surface area contributed by atoms with E-state index in [-0.39, 0.29) is 6.61 Å². The molecular weight excluding hydrogens is 334 g/mol. The van der Waals surface area contributed by atoms with E-state index in [1.807, 2.05) is 43.3 Å². The second-order valence-electron chi connectivity index (χ2n) is 6.38. The molecule has 2 aromatic rings. The highest BCUT2D eigenvalue weighted by Gasteiger charge is 2.16. The Hall–Kier alpha value is -1.76. The number of para-hydroxylation sites is 1. The third kappa shape index (κ3) is 5.63. The topological polar surface area (TPSA) is 67.3 Å². The SMILES string of the molecule is Cc1nnc(C=Cc2ccccc2OCC(O)CNC2CCCC2)s1. The summed E-state index contributed by atoms with van der Waals surface area (Å²) in [4.78, 5) is 0. The van der Waals surface area contributed by atoms with Gasteiger partial charge in [0, 0.05) is 18.2 Å². The van der Waals surface area contributed by atoms with Crippen molar-refractivity contribution in [3.05, 3.63) is 39.8 Å². The Labute approximate surface area is 152 Å². The molecule has 1 unspecified atom stereocenters. The molecule has 25 heavy (non-hydrogen) atoms. The fourth-order valence-electron chi connectivity index (χ4n) is 2.97. The maximum absolute atomic E-state index is 10.2. The van der Waals surface area contributed by atoms with Crippen molar-refractivity contribution >= 4 is 23.5 Å². The number of hydrogen-bond acceptors (Lipinski definition) is 6. The average Bonchev–Trinajstić information content (AvgIpc) is 3.28. The third-order valence-corrected chi connectivity index (χ3v) is 5.10. The Morgan fingerprint density at radius 3 is 2.84 bits per heavy atom. The maximum Gasteiger partial charge on any atom is 0.140 e. The van der Waals surface area contributed by atoms with E-state index >= 15 is 0 Å². The number of aryl methyl sites for hydroxylation is 1. The van der Waals surface area contributed by atoms with Crippen LogP contribution >= 0.6 is 11.3 Å². The van der Waals surface area contributed by atoms with Gasteiger partial charge in [-0.1, -0.05) is 42.4 Å². The summed E-state index contributed by atoms with van der Waals surface area (Å²) in [6.45, 7) is 2.79. The number of hydrogen-bond donors (Lipinski definition) is 2. The molecule has 1 saturated carbocycles. The van der Waals surface area contributed by atoms with E-state index in [2.05, 4.69) is 15.5 Å². The summed E-state index contributed by atoms with van der Waals surface area (Å²) in [5.41, 5.74) is 0.964. The number of aliphatic hydroxyl groups excluding tert-OH is 1. The molecule has 5 nitrogen and oxygen atoms in total. The molecule has 0 aliphatic heterocycles. The van der Waals surface area contributed by atoms with Crippen LogP contribution in [0.5, 0.6) is 5.75 Å². The van der Waals surface area contributed by atoms with Crippen molar-refractivity contribution in [2.45, 2.75) is 44.8 Å². The molecule has 1 fully saturated rings. The number of aromatic nitrogens is 2. The zero-order chi connectivity index (χ0) is 17.5. The monoisotopic (exact) mass is 359 g/mol. The van der Waals surface area contributed by atoms with Gasteiger partial charge in [0.25, 0.3) is 0 Å². The Morgan fingerprint density at radius 1 is 1.28 bits per heavy atom. The number of benzene rings is 1. The van der Waals surface area contributed by atoms with Crippen molar-refractivity contribution in [3.63, 3.8) is 0 Å². The van der Waals surface area contributed by atoms with E-state index in [1.54, 1.807) is 11.3 Å². The Morgan fingerprint density at radius 2 is 2.08 bits per heavy atom. The molecule has 1 aliphatic carbocycles. The highest BCUT2D eigenvalue weighted by atomic mass is 32.1. The normalized spacial score (nSPS) is 16.6. The van der Waals surface area contributed by atoms with Gasteiger partial charge in [0.05, 0.1) is 0 Å². The van der Waals surface area contributed by atoms with E-state index in [0.29, 0.717) is 12.6 Å². The lowest BCUT2D eigenvalue weighted by Crippen LogP contribution is -2.36. The van der Waals surface area contributed by atoms with Gasteiger partial charge in [-0.05, 0) is 38.0 Å². The number of aliphatic hydroxyl groups is 1. The van der Waals surface area contributed by atoms with Gasteiger partial charge in [-0.15, -0.1) is 10.2 Å². The first-order valence-electron chi connectivity index (χ1n) is 8.82. The van der Waals surface area contributed by atoms with Crippen molar-refractivity contribution in [2.75, 3.05) is 13.2 Å². The molecule has 3 rings (SSSR count). The molecule has 0 radical (unpaired) electrons. The van der Waals surface area contributed by atoms with Crippen LogP contribution in [0, 0.1) is 6.92 Å². The smallest absolute Gasteiger partial charge is 0.140 e. The van der Waals surface area contributed by atoms with Crippen molar-refractivity contribution in [1.82, 2.24) is 15.5 Å². The molecule has 1 aliphatic rings. The summed E-state index contributed by atoms with van der Waals surface area (Å²) in [6, 6.07) is 8.37. The molecule has 1 atom stereocenters. The van der Waals surface area contributed by atoms with Crippen LogP contribution in [0.3, 0.4) is 0 Å². The second-order valence-corrected chi connectivity index (χ2v) is 7.60. The van der Waals surface area contributed by atoms with Crippen LogP contribution in [0.25, 0.3) is 12.2 Å². The molecular formula is C19H25N3O2S. The molecule has 0 spiro atoms. The van der Waals surface area contributed by atoms with Gasteiger partial charge in [0.2, 0.25) is 0 Å². The lowest BCUT2D eigenvalue weighted by molar-refractivity contribution is 0.103. The molecule has 6 heteroatoms. The predicted octanol–water partition coefficient (Wildman–Crippen LogP) is 3.29. The maximum atomic E-state index is 10.2. The lowest BCUT2D eigenvalue weighted by Gasteiger charge is -2.17. The van der Waals surface area contributed by atoms with Gasteiger partial charge in [0.15, 0.2) is 0 Å². The van der Waals surface area contributed by atoms with Gasteiger partial charge >= 0.3 is 0 Å². The Bertz CT molecular complexity index is 695. The minimum Gasteiger partial charge on any atom is -0.490 e. The van der Waals surface area contributed by atoms with Gasteiger partial charge < -0.3 is 15.2 Å². The highest BCUT2D eigenvalue weighted by Crippen LogP contribution is 2.22. The molecule has 1 heterocycles. The van der Waals surface area contributed by atoms with Crippen LogP contribution in [-0.2, 0) is 0 Å². The van der Waals surface area contributed by atoms with Gasteiger partial charge in [-0.2, -0.15) is 0 Å². The van der Waals surface area contributed by atoms with Crippen LogP contribution in [0.2, 0.25) is 0 Å². The minimum atomic E-state index is -0.511. The number of ether oxygens (including phenoxy) is 1. The quantitative estimate of drug-likeness (QED) is 0.757. The van der Waals surface area contributed by atoms with Crippen molar-refractivity contribution in [3.8, 4) is 5.75 Å². The minimum absolute atomic E-state index is 0.280. The number of rotatable bonds is 8. The molecule has 134 valence electrons. The van der Waals surface area contributed by atoms with Crippen LogP contribution in [0.4, 0.5) is 0 Å². The lowest BCUT2D eigenvalue weighted by atomic mass is 10.2. The summed E-state index contributed by atoms with van der Waals surface area (Å²) in [7, 11) is 0. The molecule has 0 saturated heterocycles. The first kappa shape index (κ1) is 18.0. The molecule has 1 aromatic heterocycles. The molecule has 2 N–H and O–H groups in total. The summed E-state index contributed by atoms with van der Waals surface area (Å²) in [5.74, 6) is 0.764. The van der Waals surface area contributed by atoms with Gasteiger partial charge in [0.1, 0.15) is 28.5 Å². The van der Waals surface area contributed by atoms with Crippen LogP contribution < -0.4 is 10.1 Å². The van der Waals surface area contributed by atoms with E-state index in [4.69, 9.17) is 4.74 Å². The average molecular weight is 359 g/mol. The zero-order valence-electron chi connectivity index (χ0n) is 14.5. The summed E-state index contributed by atoms with van der Waals surface area (Å²) < 4.78 is 5.83. The fourth-order valence-corrected chi connectivity index (χ4v) is 3.57. The predicted molar refractivity (Wildman–Crippen MR) is 102 cm³/mol. The Kier molecular flexibility index (Phi) is 6.55.